The average Bonchev–Trinajstić information content (AvgIpc) is 2.61. The van der Waals surface area contributed by atoms with E-state index < -0.39 is 11.8 Å². The van der Waals surface area contributed by atoms with Gasteiger partial charge >= 0.3 is 0 Å². The number of nitrogens with one attached hydrogen (secondary N) is 1. The minimum Gasteiger partial charge on any atom is -0.497 e. The third-order valence-electron chi connectivity index (χ3n) is 3.88. The van der Waals surface area contributed by atoms with Gasteiger partial charge in [0, 0.05) is 6.54 Å². The molecule has 1 aliphatic rings. The minimum atomic E-state index is -0.495. The van der Waals surface area contributed by atoms with Crippen molar-refractivity contribution >= 4 is 46.0 Å². The fourth-order valence-electron chi connectivity index (χ4n) is 2.61. The van der Waals surface area contributed by atoms with E-state index in [-0.39, 0.29) is 17.2 Å². The highest BCUT2D eigenvalue weighted by molar-refractivity contribution is 7.80. The highest BCUT2D eigenvalue weighted by Gasteiger charge is 2.32. The smallest absolute Gasteiger partial charge is 0.265 e. The summed E-state index contributed by atoms with van der Waals surface area (Å²) in [5.74, 6) is -0.150. The van der Waals surface area contributed by atoms with Gasteiger partial charge in [-0.2, -0.15) is 0 Å². The molecule has 2 amide bonds. The summed E-state index contributed by atoms with van der Waals surface area (Å²) in [6.45, 7) is 3.85. The van der Waals surface area contributed by atoms with Crippen molar-refractivity contribution in [2.75, 3.05) is 13.7 Å². The van der Waals surface area contributed by atoms with Crippen LogP contribution in [0.4, 0.5) is 0 Å². The average molecular weight is 352 g/mol. The van der Waals surface area contributed by atoms with E-state index in [1.54, 1.807) is 19.3 Å². The molecule has 5 nitrogen and oxygen atoms in total. The molecule has 0 bridgehead atoms. The van der Waals surface area contributed by atoms with Crippen molar-refractivity contribution in [2.24, 2.45) is 0 Å². The molecule has 1 saturated heterocycles. The number of hydrogen-bond donors (Lipinski definition) is 1. The molecule has 0 saturated carbocycles. The predicted octanol–water partition coefficient (Wildman–Crippen LogP) is 2.66. The molecule has 2 aromatic carbocycles. The van der Waals surface area contributed by atoms with Crippen molar-refractivity contribution in [1.29, 1.82) is 0 Å². The van der Waals surface area contributed by atoms with Crippen LogP contribution < -0.4 is 10.1 Å². The van der Waals surface area contributed by atoms with Crippen molar-refractivity contribution in [2.45, 2.75) is 0 Å². The Morgan fingerprint density at radius 3 is 2.64 bits per heavy atom. The second kappa shape index (κ2) is 6.86. The van der Waals surface area contributed by atoms with E-state index in [1.165, 1.54) is 4.90 Å². The molecule has 1 aliphatic heterocycles. The number of carbonyl (C=O) groups is 2. The van der Waals surface area contributed by atoms with E-state index in [0.29, 0.717) is 0 Å². The number of thiocarbonyl (C=S) groups is 1. The number of fused-ring (bicyclic) bond motifs is 1. The van der Waals surface area contributed by atoms with Gasteiger partial charge in [0.15, 0.2) is 5.11 Å². The minimum absolute atomic E-state index is 0.0447. The maximum absolute atomic E-state index is 12.5. The Hall–Kier alpha value is -2.99. The summed E-state index contributed by atoms with van der Waals surface area (Å²) in [6, 6.07) is 11.4. The van der Waals surface area contributed by atoms with Crippen LogP contribution in [0.5, 0.6) is 5.75 Å². The van der Waals surface area contributed by atoms with E-state index in [4.69, 9.17) is 17.0 Å². The van der Waals surface area contributed by atoms with Gasteiger partial charge in [-0.1, -0.05) is 24.3 Å². The molecule has 0 radical (unpaired) electrons. The van der Waals surface area contributed by atoms with Crippen LogP contribution in [-0.4, -0.2) is 35.5 Å². The maximum Gasteiger partial charge on any atom is 0.265 e. The topological polar surface area (TPSA) is 58.6 Å². The fourth-order valence-corrected chi connectivity index (χ4v) is 2.86. The molecule has 0 aromatic heterocycles. The monoisotopic (exact) mass is 352 g/mol. The number of methoxy groups -OCH3 is 1. The number of rotatable bonds is 4. The van der Waals surface area contributed by atoms with E-state index in [0.717, 1.165) is 22.1 Å². The highest BCUT2D eigenvalue weighted by Crippen LogP contribution is 2.23. The van der Waals surface area contributed by atoms with Crippen molar-refractivity contribution < 1.29 is 14.3 Å². The summed E-state index contributed by atoms with van der Waals surface area (Å²) in [4.78, 5) is 26.0. The van der Waals surface area contributed by atoms with Gasteiger partial charge in [-0.15, -0.1) is 6.58 Å². The molecule has 0 atom stereocenters. The summed E-state index contributed by atoms with van der Waals surface area (Å²) in [7, 11) is 1.62. The van der Waals surface area contributed by atoms with Gasteiger partial charge in [-0.3, -0.25) is 19.8 Å². The van der Waals surface area contributed by atoms with E-state index in [2.05, 4.69) is 11.9 Å². The Morgan fingerprint density at radius 1 is 1.20 bits per heavy atom. The molecule has 0 spiro atoms. The lowest BCUT2D eigenvalue weighted by Crippen LogP contribution is -2.53. The molecule has 3 rings (SSSR count). The molecule has 1 fully saturated rings. The number of amides is 2. The van der Waals surface area contributed by atoms with E-state index in [1.807, 2.05) is 36.4 Å². The number of carbonyl (C=O) groups excluding carboxylic acids is 2. The van der Waals surface area contributed by atoms with Crippen molar-refractivity contribution in [3.63, 3.8) is 0 Å². The van der Waals surface area contributed by atoms with Gasteiger partial charge in [0.1, 0.15) is 11.3 Å². The standard InChI is InChI=1S/C19H16N2O3S/c1-3-8-21-18(23)16(17(22)20-19(21)25)10-12-4-5-14-11-15(24-2)7-6-13(14)9-12/h3-7,9-11H,1,8H2,2H3,(H,20,22,25). The summed E-state index contributed by atoms with van der Waals surface area (Å²) in [6.07, 6.45) is 3.13. The highest BCUT2D eigenvalue weighted by atomic mass is 32.1. The molecule has 1 N–H and O–H groups in total. The SMILES string of the molecule is C=CCN1C(=O)C(=Cc2ccc3cc(OC)ccc3c2)C(=O)NC1=S. The lowest BCUT2D eigenvalue weighted by atomic mass is 10.0. The van der Waals surface area contributed by atoms with Crippen LogP contribution in [0.3, 0.4) is 0 Å². The van der Waals surface area contributed by atoms with Gasteiger partial charge in [-0.25, -0.2) is 0 Å². The van der Waals surface area contributed by atoms with Crippen LogP contribution in [0, 0.1) is 0 Å². The number of nitrogens with zero attached hydrogens (tertiary/aromatic N) is 1. The zero-order valence-corrected chi connectivity index (χ0v) is 14.4. The third kappa shape index (κ3) is 3.29. The van der Waals surface area contributed by atoms with Crippen molar-refractivity contribution in [3.8, 4) is 5.75 Å². The van der Waals surface area contributed by atoms with Gasteiger partial charge < -0.3 is 4.74 Å². The van der Waals surface area contributed by atoms with Gasteiger partial charge in [0.2, 0.25) is 0 Å². The van der Waals surface area contributed by atoms with Crippen LogP contribution in [0.25, 0.3) is 16.8 Å². The van der Waals surface area contributed by atoms with Crippen LogP contribution in [-0.2, 0) is 9.59 Å². The second-order valence-electron chi connectivity index (χ2n) is 5.49. The Labute approximate surface area is 150 Å². The summed E-state index contributed by atoms with van der Waals surface area (Å²) in [5.41, 5.74) is 0.797. The number of ether oxygens (including phenoxy) is 1. The molecule has 1 heterocycles. The second-order valence-corrected chi connectivity index (χ2v) is 5.88. The first-order valence-corrected chi connectivity index (χ1v) is 8.02. The van der Waals surface area contributed by atoms with Crippen molar-refractivity contribution in [1.82, 2.24) is 10.2 Å². The normalized spacial score (nSPS) is 16.3. The third-order valence-corrected chi connectivity index (χ3v) is 4.20. The molecule has 2 aromatic rings. The van der Waals surface area contributed by atoms with Crippen LogP contribution in [0.15, 0.2) is 54.6 Å². The van der Waals surface area contributed by atoms with Crippen LogP contribution in [0.1, 0.15) is 5.56 Å². The molecule has 6 heteroatoms. The van der Waals surface area contributed by atoms with Crippen molar-refractivity contribution in [3.05, 3.63) is 60.2 Å². The van der Waals surface area contributed by atoms with Gasteiger partial charge in [0.05, 0.1) is 7.11 Å². The van der Waals surface area contributed by atoms with E-state index >= 15 is 0 Å². The quantitative estimate of drug-likeness (QED) is 0.398. The largest absolute Gasteiger partial charge is 0.497 e. The zero-order chi connectivity index (χ0) is 18.0. The maximum atomic E-state index is 12.5. The Morgan fingerprint density at radius 2 is 1.92 bits per heavy atom. The lowest BCUT2D eigenvalue weighted by molar-refractivity contribution is -0.128. The van der Waals surface area contributed by atoms with E-state index in [9.17, 15) is 9.59 Å². The molecular formula is C19H16N2O3S. The Bertz CT molecular complexity index is 933. The number of hydrogen-bond acceptors (Lipinski definition) is 4. The fraction of sp³-hybridized carbons (Fsp3) is 0.105. The molecule has 0 unspecified atom stereocenters. The molecule has 25 heavy (non-hydrogen) atoms. The molecule has 0 aliphatic carbocycles. The van der Waals surface area contributed by atoms with Crippen LogP contribution >= 0.6 is 12.2 Å². The summed E-state index contributed by atoms with van der Waals surface area (Å²) < 4.78 is 5.21. The lowest BCUT2D eigenvalue weighted by Gasteiger charge is -2.27. The summed E-state index contributed by atoms with van der Waals surface area (Å²) in [5, 5.41) is 4.62. The predicted molar refractivity (Wildman–Crippen MR) is 101 cm³/mol. The van der Waals surface area contributed by atoms with Gasteiger partial charge in [-0.05, 0) is 52.8 Å². The first kappa shape index (κ1) is 16.9. The zero-order valence-electron chi connectivity index (χ0n) is 13.6. The summed E-state index contributed by atoms with van der Waals surface area (Å²) >= 11 is 5.04. The Kier molecular flexibility index (Phi) is 4.63. The molecule has 126 valence electrons. The molecular weight excluding hydrogens is 336 g/mol. The van der Waals surface area contributed by atoms with Crippen LogP contribution in [0.2, 0.25) is 0 Å². The first-order valence-electron chi connectivity index (χ1n) is 7.61. The Balaban J connectivity index is 1.99. The number of benzene rings is 2. The van der Waals surface area contributed by atoms with Gasteiger partial charge in [0.25, 0.3) is 11.8 Å². The first-order chi connectivity index (χ1) is 12.0.